The van der Waals surface area contributed by atoms with Gasteiger partial charge < -0.3 is 14.4 Å². The molecule has 0 spiro atoms. The highest BCUT2D eigenvalue weighted by molar-refractivity contribution is 6.10. The monoisotopic (exact) mass is 390 g/mol. The van der Waals surface area contributed by atoms with Gasteiger partial charge in [0.25, 0.3) is 5.91 Å². The summed E-state index contributed by atoms with van der Waals surface area (Å²) in [4.78, 5) is 17.1. The molecule has 5 heteroatoms. The average Bonchev–Trinajstić information content (AvgIpc) is 2.76. The number of amides is 1. The summed E-state index contributed by atoms with van der Waals surface area (Å²) in [6, 6.07) is 24.3. The van der Waals surface area contributed by atoms with Gasteiger partial charge >= 0.3 is 0 Å². The molecule has 0 fully saturated rings. The normalized spacial score (nSPS) is 10.6. The molecule has 3 aromatic rings. The fraction of sp³-hybridized carbons (Fsp3) is 0.208. The lowest BCUT2D eigenvalue weighted by molar-refractivity contribution is 0.0999. The van der Waals surface area contributed by atoms with E-state index in [4.69, 9.17) is 9.47 Å². The Morgan fingerprint density at radius 2 is 1.34 bits per heavy atom. The van der Waals surface area contributed by atoms with Crippen LogP contribution in [0.3, 0.4) is 0 Å². The minimum Gasteiger partial charge on any atom is -0.497 e. The molecule has 0 bridgehead atoms. The number of anilines is 2. The lowest BCUT2D eigenvalue weighted by atomic mass is 10.1. The standard InChI is InChI=1S/C24H26N2O3/c1-25(2)17-18-29-23-15-11-21(12-16-23)26(20-9-13-22(28-3)14-10-20)24(27)19-7-5-4-6-8-19/h4-16H,17-18H2,1-3H3. The Balaban J connectivity index is 1.89. The second-order valence-electron chi connectivity index (χ2n) is 6.85. The molecule has 0 saturated carbocycles. The van der Waals surface area contributed by atoms with E-state index in [1.54, 1.807) is 12.0 Å². The number of methoxy groups -OCH3 is 1. The number of carbonyl (C=O) groups is 1. The Morgan fingerprint density at radius 1 is 0.793 bits per heavy atom. The molecule has 0 aliphatic carbocycles. The molecule has 3 rings (SSSR count). The summed E-state index contributed by atoms with van der Waals surface area (Å²) in [6.45, 7) is 1.45. The zero-order chi connectivity index (χ0) is 20.6. The van der Waals surface area contributed by atoms with Gasteiger partial charge in [-0.25, -0.2) is 0 Å². The van der Waals surface area contributed by atoms with E-state index in [0.29, 0.717) is 12.2 Å². The zero-order valence-corrected chi connectivity index (χ0v) is 17.0. The summed E-state index contributed by atoms with van der Waals surface area (Å²) in [5, 5.41) is 0. The summed E-state index contributed by atoms with van der Waals surface area (Å²) >= 11 is 0. The van der Waals surface area contributed by atoms with Crippen molar-refractivity contribution in [3.63, 3.8) is 0 Å². The van der Waals surface area contributed by atoms with Crippen molar-refractivity contribution in [1.82, 2.24) is 4.90 Å². The van der Waals surface area contributed by atoms with E-state index in [0.717, 1.165) is 29.4 Å². The molecule has 0 atom stereocenters. The first-order valence-corrected chi connectivity index (χ1v) is 9.49. The largest absolute Gasteiger partial charge is 0.497 e. The van der Waals surface area contributed by atoms with E-state index in [2.05, 4.69) is 4.90 Å². The van der Waals surface area contributed by atoms with Crippen molar-refractivity contribution in [1.29, 1.82) is 0 Å². The SMILES string of the molecule is COc1ccc(N(C(=O)c2ccccc2)c2ccc(OCCN(C)C)cc2)cc1. The molecule has 5 nitrogen and oxygen atoms in total. The van der Waals surface area contributed by atoms with Gasteiger partial charge in [-0.05, 0) is 74.8 Å². The molecule has 1 amide bonds. The van der Waals surface area contributed by atoms with Crippen LogP contribution in [0.2, 0.25) is 0 Å². The van der Waals surface area contributed by atoms with Gasteiger partial charge in [0.1, 0.15) is 18.1 Å². The number of benzene rings is 3. The summed E-state index contributed by atoms with van der Waals surface area (Å²) < 4.78 is 11.0. The van der Waals surface area contributed by atoms with Crippen LogP contribution >= 0.6 is 0 Å². The highest BCUT2D eigenvalue weighted by Gasteiger charge is 2.20. The van der Waals surface area contributed by atoms with Crippen LogP contribution < -0.4 is 14.4 Å². The number of likely N-dealkylation sites (N-methyl/N-ethyl adjacent to an activating group) is 1. The van der Waals surface area contributed by atoms with Gasteiger partial charge in [-0.15, -0.1) is 0 Å². The van der Waals surface area contributed by atoms with Crippen molar-refractivity contribution in [2.45, 2.75) is 0 Å². The number of carbonyl (C=O) groups excluding carboxylic acids is 1. The van der Waals surface area contributed by atoms with Crippen molar-refractivity contribution in [3.05, 3.63) is 84.4 Å². The zero-order valence-electron chi connectivity index (χ0n) is 17.0. The van der Waals surface area contributed by atoms with Crippen molar-refractivity contribution < 1.29 is 14.3 Å². The van der Waals surface area contributed by atoms with Gasteiger partial charge in [-0.1, -0.05) is 18.2 Å². The number of hydrogen-bond acceptors (Lipinski definition) is 4. The van der Waals surface area contributed by atoms with E-state index in [9.17, 15) is 4.79 Å². The van der Waals surface area contributed by atoms with E-state index in [1.807, 2.05) is 93.0 Å². The lowest BCUT2D eigenvalue weighted by Gasteiger charge is -2.24. The van der Waals surface area contributed by atoms with Gasteiger partial charge in [-0.3, -0.25) is 9.69 Å². The van der Waals surface area contributed by atoms with Crippen LogP contribution in [-0.4, -0.2) is 45.2 Å². The molecule has 0 saturated heterocycles. The predicted octanol–water partition coefficient (Wildman–Crippen LogP) is 4.61. The average molecular weight is 390 g/mol. The van der Waals surface area contributed by atoms with E-state index in [1.165, 1.54) is 0 Å². The first-order chi connectivity index (χ1) is 14.1. The molecular weight excluding hydrogens is 364 g/mol. The van der Waals surface area contributed by atoms with Crippen LogP contribution in [0.4, 0.5) is 11.4 Å². The van der Waals surface area contributed by atoms with Crippen molar-refractivity contribution >= 4 is 17.3 Å². The molecule has 0 heterocycles. The summed E-state index contributed by atoms with van der Waals surface area (Å²) in [6.07, 6.45) is 0. The highest BCUT2D eigenvalue weighted by Crippen LogP contribution is 2.30. The predicted molar refractivity (Wildman–Crippen MR) is 116 cm³/mol. The number of hydrogen-bond donors (Lipinski definition) is 0. The molecule has 29 heavy (non-hydrogen) atoms. The molecular formula is C24H26N2O3. The molecule has 3 aromatic carbocycles. The summed E-state index contributed by atoms with van der Waals surface area (Å²) in [5.41, 5.74) is 2.15. The Morgan fingerprint density at radius 3 is 1.86 bits per heavy atom. The Bertz CT molecular complexity index is 907. The van der Waals surface area contributed by atoms with Crippen LogP contribution in [0, 0.1) is 0 Å². The maximum absolute atomic E-state index is 13.3. The molecule has 0 N–H and O–H groups in total. The van der Waals surface area contributed by atoms with Gasteiger partial charge in [0.15, 0.2) is 0 Å². The fourth-order valence-electron chi connectivity index (χ4n) is 2.86. The smallest absolute Gasteiger partial charge is 0.262 e. The third kappa shape index (κ3) is 5.36. The second kappa shape index (κ2) is 9.75. The van der Waals surface area contributed by atoms with E-state index >= 15 is 0 Å². The number of nitrogens with zero attached hydrogens (tertiary/aromatic N) is 2. The van der Waals surface area contributed by atoms with Crippen LogP contribution in [0.25, 0.3) is 0 Å². The van der Waals surface area contributed by atoms with Crippen molar-refractivity contribution in [2.24, 2.45) is 0 Å². The summed E-state index contributed by atoms with van der Waals surface area (Å²) in [7, 11) is 5.64. The highest BCUT2D eigenvalue weighted by atomic mass is 16.5. The van der Waals surface area contributed by atoms with Crippen molar-refractivity contribution in [3.8, 4) is 11.5 Å². The topological polar surface area (TPSA) is 42.0 Å². The minimum atomic E-state index is -0.1000. The quantitative estimate of drug-likeness (QED) is 0.563. The third-order valence-corrected chi connectivity index (χ3v) is 4.46. The first-order valence-electron chi connectivity index (χ1n) is 9.49. The van der Waals surface area contributed by atoms with Crippen molar-refractivity contribution in [2.75, 3.05) is 39.3 Å². The first kappa shape index (κ1) is 20.4. The van der Waals surface area contributed by atoms with Crippen LogP contribution in [0.15, 0.2) is 78.9 Å². The third-order valence-electron chi connectivity index (χ3n) is 4.46. The second-order valence-corrected chi connectivity index (χ2v) is 6.85. The van der Waals surface area contributed by atoms with E-state index in [-0.39, 0.29) is 5.91 Å². The molecule has 0 radical (unpaired) electrons. The fourth-order valence-corrected chi connectivity index (χ4v) is 2.86. The number of rotatable bonds is 8. The van der Waals surface area contributed by atoms with Gasteiger partial charge in [0.05, 0.1) is 7.11 Å². The van der Waals surface area contributed by atoms with Gasteiger partial charge in [0.2, 0.25) is 0 Å². The van der Waals surface area contributed by atoms with Crippen LogP contribution in [0.1, 0.15) is 10.4 Å². The minimum absolute atomic E-state index is 0.1000. The Hall–Kier alpha value is -3.31. The Kier molecular flexibility index (Phi) is 6.87. The van der Waals surface area contributed by atoms with E-state index < -0.39 is 0 Å². The van der Waals surface area contributed by atoms with Gasteiger partial charge in [-0.2, -0.15) is 0 Å². The molecule has 0 unspecified atom stereocenters. The number of ether oxygens (including phenoxy) is 2. The lowest BCUT2D eigenvalue weighted by Crippen LogP contribution is -2.25. The van der Waals surface area contributed by atoms with Crippen LogP contribution in [0.5, 0.6) is 11.5 Å². The maximum Gasteiger partial charge on any atom is 0.262 e. The molecule has 0 aliphatic heterocycles. The molecule has 150 valence electrons. The summed E-state index contributed by atoms with van der Waals surface area (Å²) in [5.74, 6) is 1.42. The molecule has 0 aromatic heterocycles. The van der Waals surface area contributed by atoms with Crippen LogP contribution in [-0.2, 0) is 0 Å². The van der Waals surface area contributed by atoms with Gasteiger partial charge in [0, 0.05) is 23.5 Å². The molecule has 0 aliphatic rings. The Labute approximate surface area is 172 Å². The maximum atomic E-state index is 13.3.